The minimum Gasteiger partial charge on any atom is -0.394 e. The van der Waals surface area contributed by atoms with Crippen LogP contribution in [-0.2, 0) is 14.3 Å². The second-order valence-corrected chi connectivity index (χ2v) is 21.5. The summed E-state index contributed by atoms with van der Waals surface area (Å²) >= 11 is 0. The number of unbranched alkanes of at least 4 members (excludes halogenated alkanes) is 39. The Balaban J connectivity index is 2.18. The summed E-state index contributed by atoms with van der Waals surface area (Å²) in [4.78, 5) is 13.1. The van der Waals surface area contributed by atoms with Crippen LogP contribution < -0.4 is 5.32 Å². The van der Waals surface area contributed by atoms with Crippen molar-refractivity contribution in [2.45, 2.75) is 339 Å². The van der Waals surface area contributed by atoms with Gasteiger partial charge in [0.2, 0.25) is 5.91 Å². The van der Waals surface area contributed by atoms with Crippen molar-refractivity contribution in [2.24, 2.45) is 0 Å². The summed E-state index contributed by atoms with van der Waals surface area (Å²) < 4.78 is 11.3. The molecule has 0 radical (unpaired) electrons. The van der Waals surface area contributed by atoms with E-state index in [0.29, 0.717) is 6.42 Å². The van der Waals surface area contributed by atoms with Gasteiger partial charge in [-0.15, -0.1) is 0 Å². The van der Waals surface area contributed by atoms with Crippen LogP contribution in [0.15, 0.2) is 36.5 Å². The molecule has 1 saturated heterocycles. The molecule has 0 aromatic heterocycles. The van der Waals surface area contributed by atoms with E-state index in [2.05, 4.69) is 43.5 Å². The van der Waals surface area contributed by atoms with Crippen LogP contribution in [0.2, 0.25) is 0 Å². The Labute approximate surface area is 438 Å². The van der Waals surface area contributed by atoms with Gasteiger partial charge in [-0.1, -0.05) is 275 Å². The molecule has 0 aromatic rings. The highest BCUT2D eigenvalue weighted by molar-refractivity contribution is 5.76. The van der Waals surface area contributed by atoms with Gasteiger partial charge in [0.15, 0.2) is 6.29 Å². The minimum absolute atomic E-state index is 0.174. The molecule has 0 saturated carbocycles. The van der Waals surface area contributed by atoms with E-state index in [1.807, 2.05) is 6.08 Å². The fourth-order valence-corrected chi connectivity index (χ4v) is 9.84. The molecule has 1 aliphatic rings. The first-order valence-electron chi connectivity index (χ1n) is 30.7. The quantitative estimate of drug-likeness (QED) is 0.0261. The summed E-state index contributed by atoms with van der Waals surface area (Å²) in [6, 6.07) is -0.805. The third-order valence-corrected chi connectivity index (χ3v) is 14.7. The molecule has 71 heavy (non-hydrogen) atoms. The van der Waals surface area contributed by atoms with Crippen LogP contribution in [0.1, 0.15) is 296 Å². The molecule has 1 heterocycles. The Morgan fingerprint density at radius 2 is 0.831 bits per heavy atom. The number of allylic oxidation sites excluding steroid dienone is 5. The van der Waals surface area contributed by atoms with Crippen LogP contribution in [-0.4, -0.2) is 87.5 Å². The Hall–Kier alpha value is -1.59. The second-order valence-electron chi connectivity index (χ2n) is 21.5. The van der Waals surface area contributed by atoms with Gasteiger partial charge in [-0.3, -0.25) is 4.79 Å². The van der Waals surface area contributed by atoms with E-state index in [-0.39, 0.29) is 12.5 Å². The lowest BCUT2D eigenvalue weighted by Crippen LogP contribution is -2.60. The number of hydrogen-bond donors (Lipinski definition) is 6. The number of carbonyl (C=O) groups is 1. The molecule has 9 heteroatoms. The van der Waals surface area contributed by atoms with Crippen LogP contribution in [0.3, 0.4) is 0 Å². The molecule has 0 bridgehead atoms. The van der Waals surface area contributed by atoms with Crippen LogP contribution >= 0.6 is 0 Å². The summed E-state index contributed by atoms with van der Waals surface area (Å²) in [6.07, 6.45) is 60.7. The molecule has 1 rings (SSSR count). The Morgan fingerprint density at radius 3 is 1.21 bits per heavy atom. The van der Waals surface area contributed by atoms with Crippen LogP contribution in [0.4, 0.5) is 0 Å². The molecule has 0 spiro atoms. The van der Waals surface area contributed by atoms with Crippen molar-refractivity contribution < 1.29 is 39.8 Å². The van der Waals surface area contributed by atoms with Gasteiger partial charge in [0.25, 0.3) is 0 Å². The molecule has 418 valence electrons. The smallest absolute Gasteiger partial charge is 0.220 e. The second kappa shape index (κ2) is 51.9. The molecular formula is C62H117NO8. The molecule has 1 amide bonds. The number of rotatable bonds is 53. The maximum atomic E-state index is 13.1. The van der Waals surface area contributed by atoms with Gasteiger partial charge in [0.05, 0.1) is 25.4 Å². The standard InChI is InChI=1S/C62H117NO8/c1-3-5-7-9-11-13-15-17-19-21-23-24-25-26-27-28-29-30-31-32-34-36-38-40-42-44-46-48-50-52-58(66)63-55(54-70-62-61(69)60(68)59(67)57(53-64)71-62)56(65)51-49-47-45-43-41-39-37-35-33-22-20-18-16-14-12-10-8-6-4-2/h23-24,26-27,49,51,55-57,59-62,64-65,67-69H,3-22,25,28-48,50,52-54H2,1-2H3,(H,63,66)/b24-23-,27-26-,51-49+. The summed E-state index contributed by atoms with van der Waals surface area (Å²) in [5, 5.41) is 54.6. The minimum atomic E-state index is -1.57. The van der Waals surface area contributed by atoms with Gasteiger partial charge >= 0.3 is 0 Å². The summed E-state index contributed by atoms with van der Waals surface area (Å²) in [6.45, 7) is 3.81. The van der Waals surface area contributed by atoms with Crippen LogP contribution in [0.25, 0.3) is 0 Å². The van der Waals surface area contributed by atoms with Crippen molar-refractivity contribution >= 4 is 5.91 Å². The fraction of sp³-hybridized carbons (Fsp3) is 0.887. The van der Waals surface area contributed by atoms with E-state index >= 15 is 0 Å². The van der Waals surface area contributed by atoms with E-state index in [1.54, 1.807) is 6.08 Å². The number of nitrogens with one attached hydrogen (secondary N) is 1. The summed E-state index contributed by atoms with van der Waals surface area (Å²) in [5.74, 6) is -0.174. The lowest BCUT2D eigenvalue weighted by molar-refractivity contribution is -0.302. The molecule has 0 aromatic carbocycles. The predicted octanol–water partition coefficient (Wildman–Crippen LogP) is 15.5. The predicted molar refractivity (Wildman–Crippen MR) is 300 cm³/mol. The Kier molecular flexibility index (Phi) is 49.3. The van der Waals surface area contributed by atoms with E-state index in [0.717, 1.165) is 44.9 Å². The molecule has 1 aliphatic heterocycles. The van der Waals surface area contributed by atoms with E-state index in [4.69, 9.17) is 9.47 Å². The first-order chi connectivity index (χ1) is 34.8. The Morgan fingerprint density at radius 1 is 0.479 bits per heavy atom. The van der Waals surface area contributed by atoms with Gasteiger partial charge in [0.1, 0.15) is 24.4 Å². The number of ether oxygens (including phenoxy) is 2. The highest BCUT2D eigenvalue weighted by Gasteiger charge is 2.44. The van der Waals surface area contributed by atoms with Crippen LogP contribution in [0, 0.1) is 0 Å². The lowest BCUT2D eigenvalue weighted by atomic mass is 9.99. The zero-order chi connectivity index (χ0) is 51.5. The molecule has 0 aliphatic carbocycles. The average molecular weight is 1000 g/mol. The van der Waals surface area contributed by atoms with Crippen LogP contribution in [0.5, 0.6) is 0 Å². The van der Waals surface area contributed by atoms with Gasteiger partial charge in [-0.25, -0.2) is 0 Å². The Bertz CT molecular complexity index is 1210. The van der Waals surface area contributed by atoms with Gasteiger partial charge < -0.3 is 40.3 Å². The first kappa shape index (κ1) is 67.4. The number of amides is 1. The largest absolute Gasteiger partial charge is 0.394 e. The van der Waals surface area contributed by atoms with Gasteiger partial charge in [0, 0.05) is 6.42 Å². The lowest BCUT2D eigenvalue weighted by Gasteiger charge is -2.40. The van der Waals surface area contributed by atoms with E-state index < -0.39 is 49.5 Å². The number of aliphatic hydroxyl groups excluding tert-OH is 5. The van der Waals surface area contributed by atoms with Crippen molar-refractivity contribution in [1.29, 1.82) is 0 Å². The molecule has 7 atom stereocenters. The van der Waals surface area contributed by atoms with E-state index in [1.165, 1.54) is 231 Å². The summed E-state index contributed by atoms with van der Waals surface area (Å²) in [5.41, 5.74) is 0. The fourth-order valence-electron chi connectivity index (χ4n) is 9.84. The first-order valence-corrected chi connectivity index (χ1v) is 30.7. The van der Waals surface area contributed by atoms with E-state index in [9.17, 15) is 30.3 Å². The number of hydrogen-bond acceptors (Lipinski definition) is 8. The van der Waals surface area contributed by atoms with Crippen molar-refractivity contribution in [3.05, 3.63) is 36.5 Å². The van der Waals surface area contributed by atoms with Gasteiger partial charge in [-0.05, 0) is 51.4 Å². The third-order valence-electron chi connectivity index (χ3n) is 14.7. The molecule has 1 fully saturated rings. The van der Waals surface area contributed by atoms with Crippen molar-refractivity contribution in [3.63, 3.8) is 0 Å². The summed E-state index contributed by atoms with van der Waals surface area (Å²) in [7, 11) is 0. The SMILES string of the molecule is CCCCCCCCCCC/C=C\C/C=C\CCCCCCCCCCCCCCCC(=O)NC(COC1OC(CO)C(O)C(O)C1O)C(O)/C=C/CCCCCCCCCCCCCCCCCCC. The third kappa shape index (κ3) is 41.4. The van der Waals surface area contributed by atoms with Gasteiger partial charge in [-0.2, -0.15) is 0 Å². The highest BCUT2D eigenvalue weighted by atomic mass is 16.7. The number of carbonyl (C=O) groups excluding carboxylic acids is 1. The maximum Gasteiger partial charge on any atom is 0.220 e. The number of aliphatic hydroxyl groups is 5. The highest BCUT2D eigenvalue weighted by Crippen LogP contribution is 2.23. The monoisotopic (exact) mass is 1000 g/mol. The molecule has 6 N–H and O–H groups in total. The molecular weight excluding hydrogens is 887 g/mol. The average Bonchev–Trinajstić information content (AvgIpc) is 3.37. The molecule has 7 unspecified atom stereocenters. The van der Waals surface area contributed by atoms with Crippen molar-refractivity contribution in [2.75, 3.05) is 13.2 Å². The van der Waals surface area contributed by atoms with Crippen molar-refractivity contribution in [3.8, 4) is 0 Å². The van der Waals surface area contributed by atoms with Crippen molar-refractivity contribution in [1.82, 2.24) is 5.32 Å². The zero-order valence-electron chi connectivity index (χ0n) is 46.5. The molecule has 9 nitrogen and oxygen atoms in total. The maximum absolute atomic E-state index is 13.1. The topological polar surface area (TPSA) is 149 Å². The normalized spacial score (nSPS) is 19.5. The zero-order valence-corrected chi connectivity index (χ0v) is 46.5.